The van der Waals surface area contributed by atoms with Gasteiger partial charge in [0, 0.05) is 23.4 Å². The second kappa shape index (κ2) is 17.8. The van der Waals surface area contributed by atoms with Crippen LogP contribution in [-0.2, 0) is 41.6 Å². The minimum Gasteiger partial charge on any atom is -0.428 e. The molecule has 4 heterocycles. The van der Waals surface area contributed by atoms with E-state index in [2.05, 4.69) is 39.7 Å². The number of aromatic nitrogens is 5. The standard InChI is InChI=1S/C29H43N9O6S3/c1-5-7-9-18(10-8-6-2)26(41)43-17-44-27(42)23-19(15-47-29-33-34-35-37(29)12-11-36(3)4)14-45-25-22(24(40)38(23)25)32-21(39)13-20-16-46-28(30)31-20/h16,18,22,25H,5-15,17H2,1-4H3,(H2,30,31)(H,32,39)/t22-,25-/m1/s1. The number of β-lactam (4-membered cyclic amide) rings is 1. The lowest BCUT2D eigenvalue weighted by Gasteiger charge is -2.49. The highest BCUT2D eigenvalue weighted by molar-refractivity contribution is 8.01. The van der Waals surface area contributed by atoms with Crippen molar-refractivity contribution in [2.45, 2.75) is 81.9 Å². The average molecular weight is 710 g/mol. The first-order valence-corrected chi connectivity index (χ1v) is 18.6. The van der Waals surface area contributed by atoms with E-state index in [0.29, 0.717) is 52.4 Å². The van der Waals surface area contributed by atoms with Gasteiger partial charge in [-0.25, -0.2) is 14.5 Å². The molecule has 3 N–H and O–H groups in total. The summed E-state index contributed by atoms with van der Waals surface area (Å²) < 4.78 is 12.5. The minimum absolute atomic E-state index is 0.0209. The third-order valence-corrected chi connectivity index (χ3v) is 10.7. The van der Waals surface area contributed by atoms with E-state index in [1.165, 1.54) is 39.8 Å². The number of nitrogens with two attached hydrogens (primary N) is 1. The van der Waals surface area contributed by atoms with Crippen LogP contribution in [0.25, 0.3) is 0 Å². The minimum atomic E-state index is -0.825. The molecular weight excluding hydrogens is 667 g/mol. The van der Waals surface area contributed by atoms with Crippen LogP contribution in [0.5, 0.6) is 0 Å². The van der Waals surface area contributed by atoms with Crippen LogP contribution in [0.15, 0.2) is 21.8 Å². The van der Waals surface area contributed by atoms with Crippen LogP contribution in [0.2, 0.25) is 0 Å². The molecular formula is C29H43N9O6S3. The first-order valence-electron chi connectivity index (χ1n) is 15.7. The third kappa shape index (κ3) is 9.90. The predicted molar refractivity (Wildman–Crippen MR) is 179 cm³/mol. The summed E-state index contributed by atoms with van der Waals surface area (Å²) in [7, 11) is 3.91. The van der Waals surface area contributed by atoms with Gasteiger partial charge in [-0.3, -0.25) is 19.3 Å². The maximum Gasteiger partial charge on any atom is 0.357 e. The second-order valence-electron chi connectivity index (χ2n) is 11.5. The molecule has 0 unspecified atom stereocenters. The molecule has 2 aromatic heterocycles. The zero-order chi connectivity index (χ0) is 33.9. The van der Waals surface area contributed by atoms with Crippen LogP contribution in [0.4, 0.5) is 5.13 Å². The second-order valence-corrected chi connectivity index (χ2v) is 14.5. The highest BCUT2D eigenvalue weighted by atomic mass is 32.2. The molecule has 15 nitrogen and oxygen atoms in total. The summed E-state index contributed by atoms with van der Waals surface area (Å²) in [6.07, 6.45) is 5.15. The summed E-state index contributed by atoms with van der Waals surface area (Å²) in [4.78, 5) is 60.1. The SMILES string of the molecule is CCCCC(CCCC)C(=O)OCOC(=O)C1=C(CSc2nnnn2CCN(C)C)CS[C@@H]2[C@H](NC(=O)Cc3csc(N)n3)C(=O)N12. The van der Waals surface area contributed by atoms with Gasteiger partial charge in [0.1, 0.15) is 17.1 Å². The van der Waals surface area contributed by atoms with E-state index >= 15 is 0 Å². The molecule has 2 amide bonds. The molecule has 0 bridgehead atoms. The van der Waals surface area contributed by atoms with Gasteiger partial charge in [0.15, 0.2) is 5.13 Å². The average Bonchev–Trinajstić information content (AvgIpc) is 3.68. The Kier molecular flexibility index (Phi) is 13.9. The number of fused-ring (bicyclic) bond motifs is 1. The molecule has 0 saturated carbocycles. The first-order chi connectivity index (χ1) is 22.6. The highest BCUT2D eigenvalue weighted by Gasteiger charge is 2.54. The van der Waals surface area contributed by atoms with Crippen molar-refractivity contribution in [3.8, 4) is 0 Å². The summed E-state index contributed by atoms with van der Waals surface area (Å²) >= 11 is 4.01. The molecule has 4 rings (SSSR count). The zero-order valence-electron chi connectivity index (χ0n) is 27.2. The Bertz CT molecular complexity index is 1420. The molecule has 2 aliphatic heterocycles. The van der Waals surface area contributed by atoms with Gasteiger partial charge in [-0.2, -0.15) is 0 Å². The van der Waals surface area contributed by atoms with Crippen molar-refractivity contribution >= 4 is 63.7 Å². The summed E-state index contributed by atoms with van der Waals surface area (Å²) in [5, 5.41) is 16.9. The van der Waals surface area contributed by atoms with Gasteiger partial charge in [0.2, 0.25) is 17.9 Å². The Hall–Kier alpha value is -3.22. The number of thioether (sulfide) groups is 2. The van der Waals surface area contributed by atoms with E-state index in [9.17, 15) is 19.2 Å². The molecule has 0 radical (unpaired) electrons. The molecule has 1 fully saturated rings. The van der Waals surface area contributed by atoms with E-state index in [-0.39, 0.29) is 23.9 Å². The molecule has 1 saturated heterocycles. The Morgan fingerprint density at radius 3 is 2.60 bits per heavy atom. The molecule has 2 aliphatic rings. The van der Waals surface area contributed by atoms with Gasteiger partial charge in [-0.15, -0.1) is 28.2 Å². The zero-order valence-corrected chi connectivity index (χ0v) is 29.6. The Morgan fingerprint density at radius 1 is 1.19 bits per heavy atom. The van der Waals surface area contributed by atoms with Crippen LogP contribution in [0, 0.1) is 5.92 Å². The van der Waals surface area contributed by atoms with E-state index in [0.717, 1.165) is 32.2 Å². The van der Waals surface area contributed by atoms with Crippen molar-refractivity contribution in [3.05, 3.63) is 22.3 Å². The fourth-order valence-corrected chi connectivity index (χ4v) is 8.02. The number of thiazole rings is 1. The Balaban J connectivity index is 1.46. The highest BCUT2D eigenvalue weighted by Crippen LogP contribution is 2.42. The van der Waals surface area contributed by atoms with Gasteiger partial charge in [0.25, 0.3) is 5.91 Å². The first kappa shape index (κ1) is 36.6. The van der Waals surface area contributed by atoms with E-state index in [4.69, 9.17) is 15.2 Å². The van der Waals surface area contributed by atoms with Gasteiger partial charge in [0.05, 0.1) is 24.6 Å². The van der Waals surface area contributed by atoms with E-state index in [1.54, 1.807) is 10.1 Å². The van der Waals surface area contributed by atoms with Gasteiger partial charge < -0.3 is 25.4 Å². The van der Waals surface area contributed by atoms with E-state index < -0.39 is 36.1 Å². The normalized spacial score (nSPS) is 17.6. The number of nitrogen functional groups attached to an aromatic ring is 1. The van der Waals surface area contributed by atoms with Gasteiger partial charge >= 0.3 is 11.9 Å². The molecule has 258 valence electrons. The number of nitrogens with one attached hydrogen (secondary N) is 1. The molecule has 47 heavy (non-hydrogen) atoms. The van der Waals surface area contributed by atoms with Gasteiger partial charge in [-0.05, 0) is 42.9 Å². The molecule has 2 atom stereocenters. The Morgan fingerprint density at radius 2 is 1.94 bits per heavy atom. The number of carbonyl (C=O) groups is 4. The number of carbonyl (C=O) groups excluding carboxylic acids is 4. The predicted octanol–water partition coefficient (Wildman–Crippen LogP) is 2.30. The largest absolute Gasteiger partial charge is 0.428 e. The van der Waals surface area contributed by atoms with Crippen molar-refractivity contribution in [2.75, 3.05) is 44.7 Å². The maximum atomic E-state index is 13.6. The number of tetrazole rings is 1. The Labute approximate surface area is 286 Å². The van der Waals surface area contributed by atoms with Gasteiger partial charge in [-0.1, -0.05) is 51.3 Å². The number of hydrogen-bond donors (Lipinski definition) is 2. The number of unbranched alkanes of at least 4 members (excludes halogenated alkanes) is 2. The van der Waals surface area contributed by atoms with Crippen molar-refractivity contribution in [1.82, 2.24) is 40.3 Å². The summed E-state index contributed by atoms with van der Waals surface area (Å²) in [5.74, 6) is -1.52. The number of amides is 2. The lowest BCUT2D eigenvalue weighted by Crippen LogP contribution is -2.70. The van der Waals surface area contributed by atoms with Crippen molar-refractivity contribution < 1.29 is 28.7 Å². The topological polar surface area (TPSA) is 188 Å². The molecule has 0 aliphatic carbocycles. The summed E-state index contributed by atoms with van der Waals surface area (Å²) in [5.41, 5.74) is 6.92. The number of nitrogens with zero attached hydrogens (tertiary/aromatic N) is 7. The summed E-state index contributed by atoms with van der Waals surface area (Å²) in [6.45, 7) is 4.89. The van der Waals surface area contributed by atoms with Crippen LogP contribution in [0.1, 0.15) is 58.1 Å². The third-order valence-electron chi connectivity index (χ3n) is 7.64. The number of esters is 2. The molecule has 0 aromatic carbocycles. The van der Waals surface area contributed by atoms with Crippen LogP contribution < -0.4 is 11.1 Å². The van der Waals surface area contributed by atoms with Crippen molar-refractivity contribution in [3.63, 3.8) is 0 Å². The van der Waals surface area contributed by atoms with Crippen molar-refractivity contribution in [1.29, 1.82) is 0 Å². The van der Waals surface area contributed by atoms with E-state index in [1.807, 2.05) is 19.0 Å². The smallest absolute Gasteiger partial charge is 0.357 e. The fourth-order valence-electron chi connectivity index (χ4n) is 5.07. The quantitative estimate of drug-likeness (QED) is 0.0936. The monoisotopic (exact) mass is 709 g/mol. The van der Waals surface area contributed by atoms with Crippen molar-refractivity contribution in [2.24, 2.45) is 5.92 Å². The van der Waals surface area contributed by atoms with Crippen LogP contribution in [-0.4, -0.2) is 109 Å². The number of likely N-dealkylation sites (N-methyl/N-ethyl adjacent to an activating group) is 1. The number of rotatable bonds is 19. The maximum absolute atomic E-state index is 13.6. The number of anilines is 1. The summed E-state index contributed by atoms with van der Waals surface area (Å²) in [6, 6.07) is -0.825. The lowest BCUT2D eigenvalue weighted by molar-refractivity contribution is -0.171. The van der Waals surface area contributed by atoms with Crippen LogP contribution >= 0.6 is 34.9 Å². The lowest BCUT2D eigenvalue weighted by atomic mass is 9.96. The molecule has 2 aromatic rings. The number of hydrogen-bond acceptors (Lipinski definition) is 15. The van der Waals surface area contributed by atoms with Crippen LogP contribution in [0.3, 0.4) is 0 Å². The molecule has 0 spiro atoms. The molecule has 18 heteroatoms. The fraction of sp³-hybridized carbons (Fsp3) is 0.655. The number of ether oxygens (including phenoxy) is 2.